The molecule has 0 aliphatic heterocycles. The summed E-state index contributed by atoms with van der Waals surface area (Å²) >= 11 is 0. The number of hydrogen-bond acceptors (Lipinski definition) is 4. The van der Waals surface area contributed by atoms with E-state index in [0.717, 1.165) is 25.0 Å². The monoisotopic (exact) mass is 359 g/mol. The van der Waals surface area contributed by atoms with Gasteiger partial charge in [-0.2, -0.15) is 0 Å². The fraction of sp³-hybridized carbons (Fsp3) is 0.500. The molecule has 1 saturated carbocycles. The molecule has 1 aromatic carbocycles. The SMILES string of the molecule is C[C@@H](C(=O)Nc1ccc(OC(F)(F)F)cc1)N(C)CC(=O)NC1CC1. The highest BCUT2D eigenvalue weighted by Gasteiger charge is 2.31. The molecule has 0 bridgehead atoms. The van der Waals surface area contributed by atoms with Crippen LogP contribution in [0.5, 0.6) is 5.75 Å². The van der Waals surface area contributed by atoms with E-state index in [9.17, 15) is 22.8 Å². The van der Waals surface area contributed by atoms with Crippen molar-refractivity contribution in [2.24, 2.45) is 0 Å². The Bertz CT molecular complexity index is 615. The summed E-state index contributed by atoms with van der Waals surface area (Å²) in [5, 5.41) is 5.42. The van der Waals surface area contributed by atoms with Gasteiger partial charge in [0.15, 0.2) is 0 Å². The molecule has 1 aromatic rings. The molecule has 138 valence electrons. The van der Waals surface area contributed by atoms with Crippen LogP contribution in [0.25, 0.3) is 0 Å². The van der Waals surface area contributed by atoms with Crippen LogP contribution in [-0.2, 0) is 9.59 Å². The lowest BCUT2D eigenvalue weighted by Gasteiger charge is -2.23. The first-order valence-electron chi connectivity index (χ1n) is 7.80. The lowest BCUT2D eigenvalue weighted by atomic mass is 10.2. The first kappa shape index (κ1) is 19.0. The number of rotatable bonds is 7. The van der Waals surface area contributed by atoms with Crippen molar-refractivity contribution < 1.29 is 27.5 Å². The zero-order chi connectivity index (χ0) is 18.6. The first-order chi connectivity index (χ1) is 11.6. The first-order valence-corrected chi connectivity index (χ1v) is 7.80. The molecule has 0 radical (unpaired) electrons. The van der Waals surface area contributed by atoms with Crippen LogP contribution in [0.1, 0.15) is 19.8 Å². The van der Waals surface area contributed by atoms with Crippen LogP contribution in [0.4, 0.5) is 18.9 Å². The Kier molecular flexibility index (Phi) is 5.89. The summed E-state index contributed by atoms with van der Waals surface area (Å²) in [7, 11) is 1.65. The summed E-state index contributed by atoms with van der Waals surface area (Å²) in [6.45, 7) is 1.73. The van der Waals surface area contributed by atoms with Gasteiger partial charge in [0.05, 0.1) is 12.6 Å². The second-order valence-electron chi connectivity index (χ2n) is 5.99. The number of carbonyl (C=O) groups excluding carboxylic acids is 2. The maximum atomic E-state index is 12.2. The highest BCUT2D eigenvalue weighted by molar-refractivity contribution is 5.95. The molecule has 1 aliphatic rings. The van der Waals surface area contributed by atoms with Gasteiger partial charge in [0.25, 0.3) is 0 Å². The molecule has 2 amide bonds. The minimum absolute atomic E-state index is 0.0868. The lowest BCUT2D eigenvalue weighted by Crippen LogP contribution is -2.45. The van der Waals surface area contributed by atoms with Gasteiger partial charge in [-0.3, -0.25) is 14.5 Å². The van der Waals surface area contributed by atoms with E-state index in [4.69, 9.17) is 0 Å². The number of nitrogens with one attached hydrogen (secondary N) is 2. The van der Waals surface area contributed by atoms with E-state index >= 15 is 0 Å². The zero-order valence-electron chi connectivity index (χ0n) is 13.9. The van der Waals surface area contributed by atoms with E-state index in [1.54, 1.807) is 18.9 Å². The van der Waals surface area contributed by atoms with Crippen molar-refractivity contribution in [2.45, 2.75) is 38.2 Å². The molecule has 0 heterocycles. The highest BCUT2D eigenvalue weighted by Crippen LogP contribution is 2.24. The second-order valence-corrected chi connectivity index (χ2v) is 5.99. The van der Waals surface area contributed by atoms with Crippen LogP contribution in [0.3, 0.4) is 0 Å². The quantitative estimate of drug-likeness (QED) is 0.782. The summed E-state index contributed by atoms with van der Waals surface area (Å²) in [5.74, 6) is -0.878. The largest absolute Gasteiger partial charge is 0.573 e. The number of anilines is 1. The minimum Gasteiger partial charge on any atom is -0.406 e. The molecule has 6 nitrogen and oxygen atoms in total. The second kappa shape index (κ2) is 7.73. The molecule has 0 spiro atoms. The average molecular weight is 359 g/mol. The molecular formula is C16H20F3N3O3. The van der Waals surface area contributed by atoms with Crippen molar-refractivity contribution in [3.8, 4) is 5.75 Å². The normalized spacial score (nSPS) is 15.6. The Morgan fingerprint density at radius 2 is 1.88 bits per heavy atom. The molecule has 1 atom stereocenters. The Labute approximate surface area is 143 Å². The van der Waals surface area contributed by atoms with E-state index in [2.05, 4.69) is 15.4 Å². The van der Waals surface area contributed by atoms with Crippen LogP contribution in [-0.4, -0.2) is 48.8 Å². The van der Waals surface area contributed by atoms with Crippen molar-refractivity contribution in [3.63, 3.8) is 0 Å². The molecule has 2 N–H and O–H groups in total. The van der Waals surface area contributed by atoms with Crippen LogP contribution in [0, 0.1) is 0 Å². The topological polar surface area (TPSA) is 70.7 Å². The van der Waals surface area contributed by atoms with Crippen LogP contribution in [0.2, 0.25) is 0 Å². The van der Waals surface area contributed by atoms with Gasteiger partial charge < -0.3 is 15.4 Å². The Hall–Kier alpha value is -2.29. The van der Waals surface area contributed by atoms with Gasteiger partial charge >= 0.3 is 6.36 Å². The molecule has 25 heavy (non-hydrogen) atoms. The van der Waals surface area contributed by atoms with Gasteiger partial charge in [0.2, 0.25) is 11.8 Å². The third kappa shape index (κ3) is 6.61. The standard InChI is InChI=1S/C16H20F3N3O3/c1-10(22(2)9-14(23)20-11-3-4-11)15(24)21-12-5-7-13(8-6-12)25-16(17,18)19/h5-8,10-11H,3-4,9H2,1-2H3,(H,20,23)(H,21,24)/t10-/m0/s1. The summed E-state index contributed by atoms with van der Waals surface area (Å²) in [6, 6.07) is 4.51. The summed E-state index contributed by atoms with van der Waals surface area (Å²) in [6.07, 6.45) is -2.79. The number of halogens is 3. The molecule has 9 heteroatoms. The maximum Gasteiger partial charge on any atom is 0.573 e. The Morgan fingerprint density at radius 3 is 2.40 bits per heavy atom. The zero-order valence-corrected chi connectivity index (χ0v) is 13.9. The molecule has 2 rings (SSSR count). The fourth-order valence-corrected chi connectivity index (χ4v) is 2.05. The van der Waals surface area contributed by atoms with Gasteiger partial charge in [-0.25, -0.2) is 0 Å². The third-order valence-electron chi connectivity index (χ3n) is 3.73. The molecule has 0 aromatic heterocycles. The number of benzene rings is 1. The van der Waals surface area contributed by atoms with E-state index in [0.29, 0.717) is 5.69 Å². The molecular weight excluding hydrogens is 339 g/mol. The van der Waals surface area contributed by atoms with E-state index in [-0.39, 0.29) is 30.2 Å². The van der Waals surface area contributed by atoms with Crippen LogP contribution in [0.15, 0.2) is 24.3 Å². The molecule has 1 aliphatic carbocycles. The van der Waals surface area contributed by atoms with Crippen molar-refractivity contribution in [3.05, 3.63) is 24.3 Å². The number of ether oxygens (including phenoxy) is 1. The summed E-state index contributed by atoms with van der Waals surface area (Å²) in [5.41, 5.74) is 0.335. The average Bonchev–Trinajstić information content (AvgIpc) is 3.30. The number of likely N-dealkylation sites (N-methyl/N-ethyl adjacent to an activating group) is 1. The number of alkyl halides is 3. The van der Waals surface area contributed by atoms with Crippen molar-refractivity contribution in [1.29, 1.82) is 0 Å². The van der Waals surface area contributed by atoms with Crippen molar-refractivity contribution in [2.75, 3.05) is 18.9 Å². The summed E-state index contributed by atoms with van der Waals surface area (Å²) < 4.78 is 40.1. The van der Waals surface area contributed by atoms with Gasteiger partial charge in [-0.15, -0.1) is 13.2 Å². The number of amides is 2. The third-order valence-corrected chi connectivity index (χ3v) is 3.73. The van der Waals surface area contributed by atoms with Gasteiger partial charge in [-0.1, -0.05) is 0 Å². The van der Waals surface area contributed by atoms with E-state index in [1.807, 2.05) is 0 Å². The highest BCUT2D eigenvalue weighted by atomic mass is 19.4. The molecule has 0 saturated heterocycles. The Morgan fingerprint density at radius 1 is 1.28 bits per heavy atom. The molecule has 1 fully saturated rings. The van der Waals surface area contributed by atoms with Gasteiger partial charge in [0, 0.05) is 11.7 Å². The van der Waals surface area contributed by atoms with Crippen molar-refractivity contribution >= 4 is 17.5 Å². The fourth-order valence-electron chi connectivity index (χ4n) is 2.05. The van der Waals surface area contributed by atoms with E-state index in [1.165, 1.54) is 12.1 Å². The van der Waals surface area contributed by atoms with E-state index < -0.39 is 12.4 Å². The number of carbonyl (C=O) groups is 2. The van der Waals surface area contributed by atoms with Crippen LogP contribution >= 0.6 is 0 Å². The smallest absolute Gasteiger partial charge is 0.406 e. The number of nitrogens with zero attached hydrogens (tertiary/aromatic N) is 1. The number of hydrogen-bond donors (Lipinski definition) is 2. The maximum absolute atomic E-state index is 12.2. The Balaban J connectivity index is 1.83. The summed E-state index contributed by atoms with van der Waals surface area (Å²) in [4.78, 5) is 25.5. The minimum atomic E-state index is -4.76. The van der Waals surface area contributed by atoms with Gasteiger partial charge in [-0.05, 0) is 51.1 Å². The lowest BCUT2D eigenvalue weighted by molar-refractivity contribution is -0.274. The van der Waals surface area contributed by atoms with Crippen molar-refractivity contribution in [1.82, 2.24) is 10.2 Å². The van der Waals surface area contributed by atoms with Gasteiger partial charge in [0.1, 0.15) is 5.75 Å². The van der Waals surface area contributed by atoms with Crippen LogP contribution < -0.4 is 15.4 Å². The predicted octanol–water partition coefficient (Wildman–Crippen LogP) is 2.12. The molecule has 0 unspecified atom stereocenters. The predicted molar refractivity (Wildman–Crippen MR) is 85.0 cm³/mol.